The molecule has 1 spiro atoms. The average molecular weight is 280 g/mol. The van der Waals surface area contributed by atoms with Gasteiger partial charge in [-0.1, -0.05) is 41.3 Å². The molecule has 0 bridgehead atoms. The molecular weight excluding hydrogens is 262 g/mol. The minimum Gasteiger partial charge on any atom is -0.312 e. The zero-order chi connectivity index (χ0) is 11.0. The van der Waals surface area contributed by atoms with Gasteiger partial charge in [-0.2, -0.15) is 0 Å². The number of hydrogen-bond donors (Lipinski definition) is 1. The Kier molecular flexibility index (Phi) is 2.80. The fraction of sp³-hybridized carbons (Fsp3) is 0.571. The van der Waals surface area contributed by atoms with Gasteiger partial charge in [0, 0.05) is 23.0 Å². The number of halogens is 1. The molecule has 0 atom stereocenters. The molecule has 1 fully saturated rings. The van der Waals surface area contributed by atoms with E-state index in [1.54, 1.807) is 5.56 Å². The lowest BCUT2D eigenvalue weighted by Gasteiger charge is -2.42. The van der Waals surface area contributed by atoms with E-state index in [4.69, 9.17) is 0 Å². The molecule has 3 rings (SSSR count). The molecule has 1 N–H and O–H groups in total. The normalized spacial score (nSPS) is 23.1. The molecule has 0 aromatic heterocycles. The SMILES string of the molecule is Brc1ccc2c(c1)CNCC21CCCCC1. The lowest BCUT2D eigenvalue weighted by Crippen LogP contribution is -2.44. The second-order valence-corrected chi connectivity index (χ2v) is 6.16. The van der Waals surface area contributed by atoms with Crippen molar-refractivity contribution >= 4 is 15.9 Å². The van der Waals surface area contributed by atoms with Gasteiger partial charge in [0.05, 0.1) is 0 Å². The summed E-state index contributed by atoms with van der Waals surface area (Å²) >= 11 is 3.58. The van der Waals surface area contributed by atoms with Crippen LogP contribution in [-0.2, 0) is 12.0 Å². The predicted molar refractivity (Wildman–Crippen MR) is 70.6 cm³/mol. The highest BCUT2D eigenvalue weighted by Crippen LogP contribution is 2.42. The fourth-order valence-corrected chi connectivity index (χ4v) is 3.84. The Morgan fingerprint density at radius 3 is 2.75 bits per heavy atom. The summed E-state index contributed by atoms with van der Waals surface area (Å²) in [6, 6.07) is 6.85. The van der Waals surface area contributed by atoms with E-state index in [1.165, 1.54) is 48.7 Å². The number of nitrogens with one attached hydrogen (secondary N) is 1. The summed E-state index contributed by atoms with van der Waals surface area (Å²) in [6.45, 7) is 2.22. The zero-order valence-electron chi connectivity index (χ0n) is 9.56. The number of rotatable bonds is 0. The first-order valence-corrected chi connectivity index (χ1v) is 7.09. The Bertz CT molecular complexity index is 394. The lowest BCUT2D eigenvalue weighted by molar-refractivity contribution is 0.264. The molecule has 2 heteroatoms. The minimum absolute atomic E-state index is 0.451. The standard InChI is InChI=1S/C14H18BrN/c15-12-4-5-13-11(8-12)9-16-10-14(13)6-2-1-3-7-14/h4-5,8,16H,1-3,6-7,9-10H2. The van der Waals surface area contributed by atoms with Gasteiger partial charge in [-0.25, -0.2) is 0 Å². The quantitative estimate of drug-likeness (QED) is 0.763. The van der Waals surface area contributed by atoms with Crippen molar-refractivity contribution in [3.8, 4) is 0 Å². The van der Waals surface area contributed by atoms with Crippen LogP contribution >= 0.6 is 15.9 Å². The van der Waals surface area contributed by atoms with Crippen molar-refractivity contribution in [3.05, 3.63) is 33.8 Å². The summed E-state index contributed by atoms with van der Waals surface area (Å²) in [5.41, 5.74) is 3.57. The van der Waals surface area contributed by atoms with E-state index in [9.17, 15) is 0 Å². The van der Waals surface area contributed by atoms with Gasteiger partial charge in [-0.3, -0.25) is 0 Å². The first kappa shape index (κ1) is 10.8. The van der Waals surface area contributed by atoms with Crippen LogP contribution in [0.15, 0.2) is 22.7 Å². The van der Waals surface area contributed by atoms with Crippen LogP contribution in [0.25, 0.3) is 0 Å². The molecule has 2 aliphatic rings. The van der Waals surface area contributed by atoms with Crippen molar-refractivity contribution in [1.29, 1.82) is 0 Å². The monoisotopic (exact) mass is 279 g/mol. The largest absolute Gasteiger partial charge is 0.312 e. The van der Waals surface area contributed by atoms with Crippen molar-refractivity contribution in [1.82, 2.24) is 5.32 Å². The molecule has 1 aromatic rings. The lowest BCUT2D eigenvalue weighted by atomic mass is 9.67. The number of fused-ring (bicyclic) bond motifs is 2. The molecule has 0 radical (unpaired) electrons. The van der Waals surface area contributed by atoms with Gasteiger partial charge < -0.3 is 5.32 Å². The molecule has 1 heterocycles. The summed E-state index contributed by atoms with van der Waals surface area (Å²) in [5, 5.41) is 3.61. The highest BCUT2D eigenvalue weighted by Gasteiger charge is 2.37. The van der Waals surface area contributed by atoms with Gasteiger partial charge in [0.1, 0.15) is 0 Å². The summed E-state index contributed by atoms with van der Waals surface area (Å²) < 4.78 is 1.21. The maximum absolute atomic E-state index is 3.61. The van der Waals surface area contributed by atoms with Crippen LogP contribution < -0.4 is 5.32 Å². The highest BCUT2D eigenvalue weighted by molar-refractivity contribution is 9.10. The van der Waals surface area contributed by atoms with Gasteiger partial charge in [-0.15, -0.1) is 0 Å². The van der Waals surface area contributed by atoms with E-state index in [0.29, 0.717) is 5.41 Å². The Balaban J connectivity index is 2.04. The summed E-state index contributed by atoms with van der Waals surface area (Å²) in [4.78, 5) is 0. The van der Waals surface area contributed by atoms with Crippen molar-refractivity contribution in [2.24, 2.45) is 0 Å². The van der Waals surface area contributed by atoms with E-state index in [1.807, 2.05) is 0 Å². The maximum atomic E-state index is 3.61. The second-order valence-electron chi connectivity index (χ2n) is 5.25. The van der Waals surface area contributed by atoms with Crippen LogP contribution in [0.3, 0.4) is 0 Å². The minimum atomic E-state index is 0.451. The van der Waals surface area contributed by atoms with Crippen molar-refractivity contribution in [2.45, 2.75) is 44.1 Å². The molecule has 1 nitrogen and oxygen atoms in total. The summed E-state index contributed by atoms with van der Waals surface area (Å²) in [5.74, 6) is 0. The van der Waals surface area contributed by atoms with Crippen LogP contribution in [0.4, 0.5) is 0 Å². The number of hydrogen-bond acceptors (Lipinski definition) is 1. The van der Waals surface area contributed by atoms with E-state index < -0.39 is 0 Å². The molecule has 0 amide bonds. The van der Waals surface area contributed by atoms with Gasteiger partial charge in [0.2, 0.25) is 0 Å². The Hall–Kier alpha value is -0.340. The molecule has 86 valence electrons. The third-order valence-corrected chi connectivity index (χ3v) is 4.72. The molecular formula is C14H18BrN. The average Bonchev–Trinajstić information content (AvgIpc) is 2.30. The van der Waals surface area contributed by atoms with Gasteiger partial charge >= 0.3 is 0 Å². The van der Waals surface area contributed by atoms with Crippen molar-refractivity contribution in [3.63, 3.8) is 0 Å². The fourth-order valence-electron chi connectivity index (χ4n) is 3.43. The summed E-state index contributed by atoms with van der Waals surface area (Å²) in [6.07, 6.45) is 6.96. The Morgan fingerprint density at radius 2 is 1.94 bits per heavy atom. The van der Waals surface area contributed by atoms with Crippen LogP contribution in [-0.4, -0.2) is 6.54 Å². The Morgan fingerprint density at radius 1 is 1.12 bits per heavy atom. The van der Waals surface area contributed by atoms with E-state index in [2.05, 4.69) is 39.4 Å². The second kappa shape index (κ2) is 4.15. The molecule has 0 saturated heterocycles. The van der Waals surface area contributed by atoms with E-state index in [-0.39, 0.29) is 0 Å². The maximum Gasteiger partial charge on any atom is 0.0209 e. The molecule has 1 aromatic carbocycles. The van der Waals surface area contributed by atoms with Crippen LogP contribution in [0, 0.1) is 0 Å². The smallest absolute Gasteiger partial charge is 0.0209 e. The molecule has 1 saturated carbocycles. The Labute approximate surface area is 106 Å². The van der Waals surface area contributed by atoms with Crippen LogP contribution in [0.2, 0.25) is 0 Å². The molecule has 0 unspecified atom stereocenters. The first-order chi connectivity index (χ1) is 7.80. The first-order valence-electron chi connectivity index (χ1n) is 6.30. The number of benzene rings is 1. The van der Waals surface area contributed by atoms with Crippen LogP contribution in [0.1, 0.15) is 43.2 Å². The highest BCUT2D eigenvalue weighted by atomic mass is 79.9. The van der Waals surface area contributed by atoms with Gasteiger partial charge in [0.25, 0.3) is 0 Å². The van der Waals surface area contributed by atoms with E-state index >= 15 is 0 Å². The van der Waals surface area contributed by atoms with Crippen molar-refractivity contribution in [2.75, 3.05) is 6.54 Å². The topological polar surface area (TPSA) is 12.0 Å². The third-order valence-electron chi connectivity index (χ3n) is 4.23. The van der Waals surface area contributed by atoms with Crippen LogP contribution in [0.5, 0.6) is 0 Å². The molecule has 1 aliphatic heterocycles. The predicted octanol–water partition coefficient (Wildman–Crippen LogP) is 3.75. The molecule has 1 aliphatic carbocycles. The third kappa shape index (κ3) is 1.72. The van der Waals surface area contributed by atoms with Crippen molar-refractivity contribution < 1.29 is 0 Å². The summed E-state index contributed by atoms with van der Waals surface area (Å²) in [7, 11) is 0. The van der Waals surface area contributed by atoms with E-state index in [0.717, 1.165) is 6.54 Å². The molecule has 16 heavy (non-hydrogen) atoms. The van der Waals surface area contributed by atoms with Gasteiger partial charge in [-0.05, 0) is 36.1 Å². The van der Waals surface area contributed by atoms with Gasteiger partial charge in [0.15, 0.2) is 0 Å². The zero-order valence-corrected chi connectivity index (χ0v) is 11.1.